The third kappa shape index (κ3) is 4.19. The molecular formula is C14H10F12N2O3S. The van der Waals surface area contributed by atoms with Gasteiger partial charge in [0.25, 0.3) is 0 Å². The standard InChI is InChI=1S/C14H10F12N2O3S/c1-3-31-6(29)5-4(2)27-9(32-5)28-8(30)11(19,20)13(23,24)14(25,26)12(21,22)10(17,18)7(15)16/h7H,3H2,1-2H3,(H,27,28,30). The van der Waals surface area contributed by atoms with Gasteiger partial charge in [-0.15, -0.1) is 0 Å². The van der Waals surface area contributed by atoms with Crippen LogP contribution in [-0.4, -0.2) is 59.5 Å². The maximum Gasteiger partial charge on any atom is 0.393 e. The Labute approximate surface area is 173 Å². The van der Waals surface area contributed by atoms with E-state index in [0.717, 1.165) is 12.2 Å². The van der Waals surface area contributed by atoms with E-state index in [1.165, 1.54) is 6.92 Å². The lowest BCUT2D eigenvalue weighted by atomic mass is 9.94. The summed E-state index contributed by atoms with van der Waals surface area (Å²) in [6, 6.07) is 0. The number of halogens is 12. The number of alkyl halides is 12. The van der Waals surface area contributed by atoms with E-state index < -0.39 is 57.9 Å². The molecular weight excluding hydrogens is 504 g/mol. The molecule has 0 saturated heterocycles. The first-order chi connectivity index (χ1) is 14.2. The third-order valence-electron chi connectivity index (χ3n) is 3.64. The van der Waals surface area contributed by atoms with E-state index in [0.29, 0.717) is 0 Å². The zero-order valence-electron chi connectivity index (χ0n) is 15.4. The molecule has 0 aliphatic rings. The maximum atomic E-state index is 13.8. The van der Waals surface area contributed by atoms with Crippen molar-refractivity contribution in [2.45, 2.75) is 49.9 Å². The van der Waals surface area contributed by atoms with Crippen LogP contribution in [0.25, 0.3) is 0 Å². The first kappa shape index (κ1) is 27.8. The Kier molecular flexibility index (Phi) is 7.45. The first-order valence-electron chi connectivity index (χ1n) is 7.83. The molecule has 0 fully saturated rings. The number of amides is 1. The topological polar surface area (TPSA) is 68.3 Å². The molecule has 18 heteroatoms. The molecule has 1 N–H and O–H groups in total. The highest BCUT2D eigenvalue weighted by Crippen LogP contribution is 2.58. The Hall–Kier alpha value is -2.27. The van der Waals surface area contributed by atoms with Crippen molar-refractivity contribution in [3.8, 4) is 0 Å². The van der Waals surface area contributed by atoms with Crippen LogP contribution in [0.1, 0.15) is 22.3 Å². The van der Waals surface area contributed by atoms with Gasteiger partial charge in [-0.1, -0.05) is 11.3 Å². The number of hydrogen-bond acceptors (Lipinski definition) is 5. The fourth-order valence-electron chi connectivity index (χ4n) is 1.89. The molecule has 1 rings (SSSR count). The molecule has 0 bridgehead atoms. The normalized spacial score (nSPS) is 14.0. The van der Waals surface area contributed by atoms with E-state index in [-0.39, 0.29) is 23.6 Å². The van der Waals surface area contributed by atoms with Crippen LogP contribution < -0.4 is 5.32 Å². The van der Waals surface area contributed by atoms with E-state index in [2.05, 4.69) is 9.72 Å². The van der Waals surface area contributed by atoms with Crippen molar-refractivity contribution in [1.29, 1.82) is 0 Å². The van der Waals surface area contributed by atoms with Gasteiger partial charge in [0.2, 0.25) is 0 Å². The fraction of sp³-hybridized carbons (Fsp3) is 0.643. The molecule has 32 heavy (non-hydrogen) atoms. The zero-order valence-corrected chi connectivity index (χ0v) is 16.2. The molecule has 0 aliphatic carbocycles. The maximum absolute atomic E-state index is 13.8. The second-order valence-corrected chi connectivity index (χ2v) is 6.83. The number of esters is 1. The number of ether oxygens (including phenoxy) is 1. The summed E-state index contributed by atoms with van der Waals surface area (Å²) in [5.41, 5.74) is -0.313. The quantitative estimate of drug-likeness (QED) is 0.372. The summed E-state index contributed by atoms with van der Waals surface area (Å²) in [4.78, 5) is 25.8. The Morgan fingerprint density at radius 3 is 1.91 bits per heavy atom. The van der Waals surface area contributed by atoms with Gasteiger partial charge in [-0.2, -0.15) is 43.9 Å². The van der Waals surface area contributed by atoms with E-state index in [1.807, 2.05) is 0 Å². The Bertz CT molecular complexity index is 871. The minimum absolute atomic E-state index is 0.0332. The van der Waals surface area contributed by atoms with E-state index >= 15 is 0 Å². The molecule has 0 atom stereocenters. The van der Waals surface area contributed by atoms with Crippen molar-refractivity contribution in [3.63, 3.8) is 0 Å². The van der Waals surface area contributed by atoms with Crippen molar-refractivity contribution >= 4 is 28.3 Å². The van der Waals surface area contributed by atoms with Crippen LogP contribution in [-0.2, 0) is 9.53 Å². The van der Waals surface area contributed by atoms with Gasteiger partial charge in [0.05, 0.1) is 12.3 Å². The fourth-order valence-corrected chi connectivity index (χ4v) is 2.75. The highest BCUT2D eigenvalue weighted by Gasteiger charge is 2.89. The van der Waals surface area contributed by atoms with Gasteiger partial charge in [-0.25, -0.2) is 18.6 Å². The SMILES string of the molecule is CCOC(=O)c1sc(NC(=O)C(F)(F)C(F)(F)C(F)(F)C(F)(F)C(F)(F)C(F)F)nc1C. The van der Waals surface area contributed by atoms with Crippen LogP contribution in [0.15, 0.2) is 0 Å². The largest absolute Gasteiger partial charge is 0.462 e. The first-order valence-corrected chi connectivity index (χ1v) is 8.65. The number of thiazole rings is 1. The van der Waals surface area contributed by atoms with Crippen LogP contribution in [0.4, 0.5) is 57.8 Å². The lowest BCUT2D eigenvalue weighted by molar-refractivity contribution is -0.406. The number of nitrogens with zero attached hydrogens (tertiary/aromatic N) is 1. The van der Waals surface area contributed by atoms with Crippen LogP contribution in [0.2, 0.25) is 0 Å². The third-order valence-corrected chi connectivity index (χ3v) is 4.69. The lowest BCUT2D eigenvalue weighted by Crippen LogP contribution is -2.70. The second-order valence-electron chi connectivity index (χ2n) is 5.83. The van der Waals surface area contributed by atoms with Crippen LogP contribution in [0.5, 0.6) is 0 Å². The Morgan fingerprint density at radius 2 is 1.47 bits per heavy atom. The van der Waals surface area contributed by atoms with Crippen molar-refractivity contribution in [3.05, 3.63) is 10.6 Å². The Balaban J connectivity index is 3.32. The molecule has 1 aromatic heterocycles. The van der Waals surface area contributed by atoms with Crippen molar-refractivity contribution in [1.82, 2.24) is 4.98 Å². The highest BCUT2D eigenvalue weighted by molar-refractivity contribution is 7.17. The average Bonchev–Trinajstić information content (AvgIpc) is 3.01. The molecule has 0 saturated carbocycles. The summed E-state index contributed by atoms with van der Waals surface area (Å²) in [6.45, 7) is 2.22. The molecule has 0 aromatic carbocycles. The number of carbonyl (C=O) groups is 2. The number of carbonyl (C=O) groups excluding carboxylic acids is 2. The summed E-state index contributed by atoms with van der Waals surface area (Å²) < 4.78 is 162. The van der Waals surface area contributed by atoms with Gasteiger partial charge >= 0.3 is 47.9 Å². The molecule has 0 aliphatic heterocycles. The number of anilines is 1. The van der Waals surface area contributed by atoms with E-state index in [4.69, 9.17) is 0 Å². The van der Waals surface area contributed by atoms with Gasteiger partial charge in [0.1, 0.15) is 4.88 Å². The predicted octanol–water partition coefficient (Wildman–Crippen LogP) is 5.01. The number of rotatable bonds is 9. The van der Waals surface area contributed by atoms with Crippen LogP contribution >= 0.6 is 11.3 Å². The summed E-state index contributed by atoms with van der Waals surface area (Å²) in [6.07, 6.45) is -5.65. The van der Waals surface area contributed by atoms with Gasteiger partial charge in [0, 0.05) is 0 Å². The summed E-state index contributed by atoms with van der Waals surface area (Å²) in [7, 11) is 0. The van der Waals surface area contributed by atoms with Crippen LogP contribution in [0, 0.1) is 6.92 Å². The number of aryl methyl sites for hydroxylation is 1. The molecule has 1 aromatic rings. The lowest BCUT2D eigenvalue weighted by Gasteiger charge is -2.38. The van der Waals surface area contributed by atoms with E-state index in [9.17, 15) is 62.3 Å². The predicted molar refractivity (Wildman–Crippen MR) is 82.2 cm³/mol. The Morgan fingerprint density at radius 1 is 0.969 bits per heavy atom. The highest BCUT2D eigenvalue weighted by atomic mass is 32.1. The summed E-state index contributed by atoms with van der Waals surface area (Å²) in [5.74, 6) is -41.7. The second kappa shape index (κ2) is 8.58. The molecule has 5 nitrogen and oxygen atoms in total. The molecule has 184 valence electrons. The molecule has 0 radical (unpaired) electrons. The number of nitrogens with one attached hydrogen (secondary N) is 1. The van der Waals surface area contributed by atoms with Gasteiger partial charge in [-0.3, -0.25) is 10.1 Å². The minimum atomic E-state index is -7.84. The molecule has 0 spiro atoms. The van der Waals surface area contributed by atoms with Gasteiger partial charge in [0.15, 0.2) is 5.13 Å². The minimum Gasteiger partial charge on any atom is -0.462 e. The monoisotopic (exact) mass is 514 g/mol. The van der Waals surface area contributed by atoms with Gasteiger partial charge < -0.3 is 4.74 Å². The summed E-state index contributed by atoms with van der Waals surface area (Å²) in [5, 5.41) is -0.236. The molecule has 1 amide bonds. The van der Waals surface area contributed by atoms with E-state index in [1.54, 1.807) is 0 Å². The molecule has 1 heterocycles. The smallest absolute Gasteiger partial charge is 0.393 e. The van der Waals surface area contributed by atoms with Crippen molar-refractivity contribution < 1.29 is 67.0 Å². The van der Waals surface area contributed by atoms with Crippen LogP contribution in [0.3, 0.4) is 0 Å². The summed E-state index contributed by atoms with van der Waals surface area (Å²) >= 11 is 0.0332. The molecule has 0 unspecified atom stereocenters. The number of aromatic nitrogens is 1. The number of hydrogen-bond donors (Lipinski definition) is 1. The van der Waals surface area contributed by atoms with Gasteiger partial charge in [-0.05, 0) is 13.8 Å². The van der Waals surface area contributed by atoms with Crippen molar-refractivity contribution in [2.75, 3.05) is 11.9 Å². The zero-order chi connectivity index (χ0) is 25.5. The van der Waals surface area contributed by atoms with Crippen molar-refractivity contribution in [2.24, 2.45) is 0 Å². The average molecular weight is 514 g/mol.